The largest absolute Gasteiger partial charge is 0.508 e. The molecule has 3 nitrogen and oxygen atoms in total. The zero-order valence-corrected chi connectivity index (χ0v) is 21.5. The molecule has 0 amide bonds. The predicted molar refractivity (Wildman–Crippen MR) is 133 cm³/mol. The Bertz CT molecular complexity index is 716. The van der Waals surface area contributed by atoms with Gasteiger partial charge in [0.1, 0.15) is 17.1 Å². The van der Waals surface area contributed by atoms with E-state index in [1.165, 1.54) is 31.2 Å². The number of phenols is 1. The predicted octanol–water partition coefficient (Wildman–Crippen LogP) is 7.11. The van der Waals surface area contributed by atoms with E-state index in [1.54, 1.807) is 0 Å². The van der Waals surface area contributed by atoms with Crippen molar-refractivity contribution in [3.63, 3.8) is 0 Å². The summed E-state index contributed by atoms with van der Waals surface area (Å²) in [5, 5.41) is 21.0. The molecule has 1 heterocycles. The van der Waals surface area contributed by atoms with Crippen LogP contribution in [-0.2, 0) is 5.41 Å². The van der Waals surface area contributed by atoms with Gasteiger partial charge in [-0.1, -0.05) is 69.0 Å². The van der Waals surface area contributed by atoms with Crippen LogP contribution in [0.4, 0.5) is 0 Å². The molecule has 3 rings (SSSR count). The molecule has 2 N–H and O–H groups in total. The van der Waals surface area contributed by atoms with E-state index < -0.39 is 0 Å². The first kappa shape index (κ1) is 24.2. The number of benzene rings is 1. The molecule has 30 heavy (non-hydrogen) atoms. The number of hydrogen-bond acceptors (Lipinski definition) is 3. The molecule has 1 aliphatic carbocycles. The summed E-state index contributed by atoms with van der Waals surface area (Å²) in [5.41, 5.74) is 1.99. The quantitative estimate of drug-likeness (QED) is 0.204. The number of alkyl halides is 1. The first-order valence-electron chi connectivity index (χ1n) is 12.0. The van der Waals surface area contributed by atoms with Crippen molar-refractivity contribution in [2.75, 3.05) is 11.0 Å². The summed E-state index contributed by atoms with van der Waals surface area (Å²) in [7, 11) is 0. The lowest BCUT2D eigenvalue weighted by Gasteiger charge is -2.50. The van der Waals surface area contributed by atoms with Crippen molar-refractivity contribution in [1.29, 1.82) is 0 Å². The van der Waals surface area contributed by atoms with Crippen LogP contribution < -0.4 is 4.74 Å². The van der Waals surface area contributed by atoms with Gasteiger partial charge in [-0.3, -0.25) is 0 Å². The van der Waals surface area contributed by atoms with Crippen LogP contribution >= 0.6 is 22.6 Å². The van der Waals surface area contributed by atoms with E-state index in [9.17, 15) is 10.2 Å². The minimum absolute atomic E-state index is 0.0142. The average molecular weight is 529 g/mol. The zero-order valence-electron chi connectivity index (χ0n) is 19.3. The maximum Gasteiger partial charge on any atom is 0.127 e. The molecule has 0 aromatic heterocycles. The second kappa shape index (κ2) is 9.97. The van der Waals surface area contributed by atoms with Crippen LogP contribution in [-0.4, -0.2) is 26.8 Å². The van der Waals surface area contributed by atoms with Gasteiger partial charge in [0.25, 0.3) is 0 Å². The number of rotatable bonds is 9. The summed E-state index contributed by atoms with van der Waals surface area (Å²) in [6.45, 7) is 9.34. The Kier molecular flexibility index (Phi) is 8.03. The summed E-state index contributed by atoms with van der Waals surface area (Å²) < 4.78 is 7.79. The number of ether oxygens (including phenoxy) is 1. The van der Waals surface area contributed by atoms with Crippen LogP contribution in [0.2, 0.25) is 0 Å². The highest BCUT2D eigenvalue weighted by Crippen LogP contribution is 2.57. The van der Waals surface area contributed by atoms with Crippen molar-refractivity contribution < 1.29 is 14.9 Å². The molecule has 0 radical (unpaired) electrons. The maximum absolute atomic E-state index is 11.2. The normalized spacial score (nSPS) is 28.5. The number of aliphatic hydroxyl groups excluding tert-OH is 1. The van der Waals surface area contributed by atoms with Gasteiger partial charge in [0.2, 0.25) is 0 Å². The lowest BCUT2D eigenvalue weighted by molar-refractivity contribution is -0.0360. The Balaban J connectivity index is 1.95. The molecule has 0 saturated heterocycles. The second-order valence-electron chi connectivity index (χ2n) is 10.5. The smallest absolute Gasteiger partial charge is 0.127 e. The van der Waals surface area contributed by atoms with Crippen molar-refractivity contribution in [1.82, 2.24) is 0 Å². The molecule has 4 atom stereocenters. The summed E-state index contributed by atoms with van der Waals surface area (Å²) in [6.07, 6.45) is 10.2. The molecule has 0 spiro atoms. The number of phenolic OH excluding ortho intramolecular Hbond substituents is 1. The monoisotopic (exact) mass is 528 g/mol. The molecule has 0 unspecified atom stereocenters. The molecule has 1 saturated carbocycles. The SMILES string of the molecule is CCCCCCC(C)(C)c1cc(O)c2c(c1)O[C@@](C)(CCI)[C@@H]1CC[C@@H](CO)C[C@@H]21. The summed E-state index contributed by atoms with van der Waals surface area (Å²) in [4.78, 5) is 0. The topological polar surface area (TPSA) is 49.7 Å². The first-order valence-corrected chi connectivity index (χ1v) is 13.5. The Morgan fingerprint density at radius 3 is 2.63 bits per heavy atom. The fourth-order valence-corrected chi connectivity index (χ4v) is 6.89. The molecular weight excluding hydrogens is 487 g/mol. The highest BCUT2D eigenvalue weighted by Gasteiger charge is 2.49. The maximum atomic E-state index is 11.2. The molecule has 1 aromatic carbocycles. The minimum Gasteiger partial charge on any atom is -0.508 e. The van der Waals surface area contributed by atoms with Gasteiger partial charge in [0.15, 0.2) is 0 Å². The Morgan fingerprint density at radius 2 is 1.97 bits per heavy atom. The van der Waals surface area contributed by atoms with Crippen molar-refractivity contribution in [3.8, 4) is 11.5 Å². The highest BCUT2D eigenvalue weighted by molar-refractivity contribution is 14.1. The van der Waals surface area contributed by atoms with Gasteiger partial charge in [0, 0.05) is 22.5 Å². The van der Waals surface area contributed by atoms with Gasteiger partial charge in [-0.15, -0.1) is 0 Å². The fraction of sp³-hybridized carbons (Fsp3) is 0.769. The van der Waals surface area contributed by atoms with Gasteiger partial charge in [-0.05, 0) is 74.0 Å². The average Bonchev–Trinajstić information content (AvgIpc) is 2.70. The van der Waals surface area contributed by atoms with Gasteiger partial charge in [-0.2, -0.15) is 0 Å². The second-order valence-corrected chi connectivity index (χ2v) is 11.6. The van der Waals surface area contributed by atoms with Crippen LogP contribution in [0.25, 0.3) is 0 Å². The third kappa shape index (κ3) is 4.95. The zero-order chi connectivity index (χ0) is 21.9. The standard InChI is InChI=1S/C26H41IO3/c1-5-6-7-8-11-25(2,3)19-15-22(29)24-20-14-18(17-28)9-10-21(20)26(4,12-13-27)30-23(24)16-19/h15-16,18,20-21,28-29H,5-14,17H2,1-4H3/t18-,20-,21-,26+/m1/s1. The molecule has 1 aliphatic heterocycles. The minimum atomic E-state index is -0.199. The number of unbranched alkanes of at least 4 members (excludes halogenated alkanes) is 3. The number of hydrogen-bond donors (Lipinski definition) is 2. The molecule has 170 valence electrons. The Hall–Kier alpha value is -0.490. The van der Waals surface area contributed by atoms with Gasteiger partial charge in [0.05, 0.1) is 0 Å². The van der Waals surface area contributed by atoms with E-state index in [0.717, 1.165) is 47.8 Å². The summed E-state index contributed by atoms with van der Waals surface area (Å²) in [6, 6.07) is 4.22. The highest BCUT2D eigenvalue weighted by atomic mass is 127. The third-order valence-corrected chi connectivity index (χ3v) is 8.40. The van der Waals surface area contributed by atoms with Crippen molar-refractivity contribution in [2.24, 2.45) is 11.8 Å². The van der Waals surface area contributed by atoms with Crippen molar-refractivity contribution >= 4 is 22.6 Å². The lowest BCUT2D eigenvalue weighted by atomic mass is 9.62. The fourth-order valence-electron chi connectivity index (χ4n) is 5.82. The van der Waals surface area contributed by atoms with Crippen molar-refractivity contribution in [3.05, 3.63) is 23.3 Å². The van der Waals surface area contributed by atoms with E-state index in [2.05, 4.69) is 56.4 Å². The Labute approximate surface area is 197 Å². The van der Waals surface area contributed by atoms with Crippen LogP contribution in [0, 0.1) is 11.8 Å². The van der Waals surface area contributed by atoms with E-state index in [4.69, 9.17) is 4.74 Å². The van der Waals surface area contributed by atoms with Crippen LogP contribution in [0.5, 0.6) is 11.5 Å². The molecule has 1 aromatic rings. The Morgan fingerprint density at radius 1 is 1.20 bits per heavy atom. The molecule has 0 bridgehead atoms. The first-order chi connectivity index (χ1) is 14.3. The number of aromatic hydroxyl groups is 1. The van der Waals surface area contributed by atoms with E-state index in [-0.39, 0.29) is 23.5 Å². The molecule has 1 fully saturated rings. The lowest BCUT2D eigenvalue weighted by Crippen LogP contribution is -2.49. The van der Waals surface area contributed by atoms with Crippen LogP contribution in [0.15, 0.2) is 12.1 Å². The summed E-state index contributed by atoms with van der Waals surface area (Å²) >= 11 is 2.45. The summed E-state index contributed by atoms with van der Waals surface area (Å²) in [5.74, 6) is 2.29. The molecule has 4 heteroatoms. The van der Waals surface area contributed by atoms with Gasteiger partial charge >= 0.3 is 0 Å². The van der Waals surface area contributed by atoms with E-state index in [1.807, 2.05) is 6.07 Å². The van der Waals surface area contributed by atoms with Gasteiger partial charge < -0.3 is 14.9 Å². The molecule has 2 aliphatic rings. The van der Waals surface area contributed by atoms with Crippen molar-refractivity contribution in [2.45, 2.75) is 102 Å². The molecular formula is C26H41IO3. The van der Waals surface area contributed by atoms with Gasteiger partial charge in [-0.25, -0.2) is 0 Å². The van der Waals surface area contributed by atoms with Crippen LogP contribution in [0.3, 0.4) is 0 Å². The third-order valence-electron chi connectivity index (χ3n) is 7.86. The van der Waals surface area contributed by atoms with Crippen LogP contribution in [0.1, 0.15) is 103 Å². The number of halogens is 1. The number of fused-ring (bicyclic) bond motifs is 3. The number of aliphatic hydroxyl groups is 1. The van der Waals surface area contributed by atoms with E-state index in [0.29, 0.717) is 17.6 Å². The van der Waals surface area contributed by atoms with E-state index >= 15 is 0 Å².